The van der Waals surface area contributed by atoms with Crippen LogP contribution in [0.5, 0.6) is 0 Å². The molecule has 1 saturated heterocycles. The summed E-state index contributed by atoms with van der Waals surface area (Å²) in [6.45, 7) is 3.83. The molecule has 4 heteroatoms. The van der Waals surface area contributed by atoms with Crippen LogP contribution in [0.15, 0.2) is 0 Å². The van der Waals surface area contributed by atoms with Gasteiger partial charge >= 0.3 is 5.97 Å². The van der Waals surface area contributed by atoms with E-state index in [0.29, 0.717) is 12.8 Å². The molecular weight excluding hydrogens is 194 g/mol. The molecule has 1 saturated carbocycles. The van der Waals surface area contributed by atoms with Crippen LogP contribution in [0.25, 0.3) is 0 Å². The first-order chi connectivity index (χ1) is 6.93. The first-order valence-corrected chi connectivity index (χ1v) is 5.46. The van der Waals surface area contributed by atoms with E-state index in [1.165, 1.54) is 0 Å². The van der Waals surface area contributed by atoms with Gasteiger partial charge in [-0.15, -0.1) is 0 Å². The number of carbonyl (C=O) groups is 2. The first-order valence-electron chi connectivity index (χ1n) is 5.46. The first kappa shape index (κ1) is 10.5. The summed E-state index contributed by atoms with van der Waals surface area (Å²) in [5.74, 6) is -0.731. The van der Waals surface area contributed by atoms with Gasteiger partial charge in [-0.25, -0.2) is 0 Å². The molecule has 3 unspecified atom stereocenters. The minimum Gasteiger partial charge on any atom is -0.481 e. The zero-order valence-corrected chi connectivity index (χ0v) is 9.12. The summed E-state index contributed by atoms with van der Waals surface area (Å²) in [6, 6.07) is 0.197. The van der Waals surface area contributed by atoms with Crippen molar-refractivity contribution in [3.63, 3.8) is 0 Å². The molecule has 2 fully saturated rings. The molecule has 0 aromatic rings. The second-order valence-electron chi connectivity index (χ2n) is 5.26. The van der Waals surface area contributed by atoms with Crippen molar-refractivity contribution in [3.05, 3.63) is 0 Å². The van der Waals surface area contributed by atoms with Gasteiger partial charge in [0.1, 0.15) is 0 Å². The number of nitrogens with one attached hydrogen (secondary N) is 1. The highest BCUT2D eigenvalue weighted by atomic mass is 16.4. The van der Waals surface area contributed by atoms with E-state index in [4.69, 9.17) is 5.11 Å². The van der Waals surface area contributed by atoms with Gasteiger partial charge in [-0.05, 0) is 25.2 Å². The molecule has 0 spiro atoms. The SMILES string of the molecule is CC1(C)C(=O)NC2CCC(C(=O)O)CC21. The third kappa shape index (κ3) is 1.52. The molecule has 0 aromatic heterocycles. The summed E-state index contributed by atoms with van der Waals surface area (Å²) in [4.78, 5) is 22.6. The van der Waals surface area contributed by atoms with E-state index < -0.39 is 11.4 Å². The van der Waals surface area contributed by atoms with Crippen molar-refractivity contribution in [3.8, 4) is 0 Å². The summed E-state index contributed by atoms with van der Waals surface area (Å²) in [7, 11) is 0. The maximum Gasteiger partial charge on any atom is 0.306 e. The van der Waals surface area contributed by atoms with Gasteiger partial charge < -0.3 is 10.4 Å². The van der Waals surface area contributed by atoms with Crippen molar-refractivity contribution in [1.82, 2.24) is 5.32 Å². The number of hydrogen-bond donors (Lipinski definition) is 2. The molecule has 1 aliphatic carbocycles. The molecule has 0 bridgehead atoms. The Morgan fingerprint density at radius 2 is 2.13 bits per heavy atom. The third-order valence-corrected chi connectivity index (χ3v) is 4.03. The van der Waals surface area contributed by atoms with Crippen LogP contribution in [-0.2, 0) is 9.59 Å². The van der Waals surface area contributed by atoms with Crippen molar-refractivity contribution in [1.29, 1.82) is 0 Å². The topological polar surface area (TPSA) is 66.4 Å². The predicted molar refractivity (Wildman–Crippen MR) is 54.2 cm³/mol. The van der Waals surface area contributed by atoms with Crippen LogP contribution in [-0.4, -0.2) is 23.0 Å². The average Bonchev–Trinajstić information content (AvgIpc) is 2.38. The lowest BCUT2D eigenvalue weighted by Gasteiger charge is -2.34. The van der Waals surface area contributed by atoms with E-state index in [2.05, 4.69) is 5.32 Å². The lowest BCUT2D eigenvalue weighted by Crippen LogP contribution is -2.37. The quantitative estimate of drug-likeness (QED) is 0.680. The molecule has 4 nitrogen and oxygen atoms in total. The molecular formula is C11H17NO3. The largest absolute Gasteiger partial charge is 0.481 e. The number of fused-ring (bicyclic) bond motifs is 1. The fourth-order valence-corrected chi connectivity index (χ4v) is 2.89. The van der Waals surface area contributed by atoms with Crippen LogP contribution in [0.2, 0.25) is 0 Å². The molecule has 3 atom stereocenters. The normalized spacial score (nSPS) is 38.3. The molecule has 2 rings (SSSR count). The Kier molecular flexibility index (Phi) is 2.24. The highest BCUT2D eigenvalue weighted by Crippen LogP contribution is 2.45. The fraction of sp³-hybridized carbons (Fsp3) is 0.818. The summed E-state index contributed by atoms with van der Waals surface area (Å²) < 4.78 is 0. The van der Waals surface area contributed by atoms with Crippen molar-refractivity contribution < 1.29 is 14.7 Å². The summed E-state index contributed by atoms with van der Waals surface area (Å²) in [5, 5.41) is 12.0. The minimum atomic E-state index is -0.719. The summed E-state index contributed by atoms with van der Waals surface area (Å²) in [5.41, 5.74) is -0.404. The van der Waals surface area contributed by atoms with E-state index in [0.717, 1.165) is 6.42 Å². The molecule has 1 aliphatic heterocycles. The molecule has 84 valence electrons. The Morgan fingerprint density at radius 1 is 1.47 bits per heavy atom. The molecule has 0 radical (unpaired) electrons. The summed E-state index contributed by atoms with van der Waals surface area (Å²) >= 11 is 0. The van der Waals surface area contributed by atoms with Crippen LogP contribution >= 0.6 is 0 Å². The molecule has 0 aromatic carbocycles. The molecule has 2 aliphatic rings. The average molecular weight is 211 g/mol. The zero-order valence-electron chi connectivity index (χ0n) is 9.12. The van der Waals surface area contributed by atoms with Crippen LogP contribution in [0.1, 0.15) is 33.1 Å². The van der Waals surface area contributed by atoms with Crippen LogP contribution in [0, 0.1) is 17.3 Å². The van der Waals surface area contributed by atoms with Crippen LogP contribution in [0.3, 0.4) is 0 Å². The lowest BCUT2D eigenvalue weighted by atomic mass is 9.68. The second kappa shape index (κ2) is 3.22. The standard InChI is InChI=1S/C11H17NO3/c1-11(2)7-5-6(9(13)14)3-4-8(7)12-10(11)15/h6-8H,3-5H2,1-2H3,(H,12,15)(H,13,14). The third-order valence-electron chi connectivity index (χ3n) is 4.03. The molecule has 2 N–H and O–H groups in total. The number of carboxylic acid groups (broad SMARTS) is 1. The smallest absolute Gasteiger partial charge is 0.306 e. The Hall–Kier alpha value is -1.06. The van der Waals surface area contributed by atoms with Crippen molar-refractivity contribution in [2.75, 3.05) is 0 Å². The number of hydrogen-bond acceptors (Lipinski definition) is 2. The highest BCUT2D eigenvalue weighted by Gasteiger charge is 2.51. The molecule has 15 heavy (non-hydrogen) atoms. The highest BCUT2D eigenvalue weighted by molar-refractivity contribution is 5.85. The van der Waals surface area contributed by atoms with Gasteiger partial charge in [-0.2, -0.15) is 0 Å². The lowest BCUT2D eigenvalue weighted by molar-refractivity contribution is -0.144. The fourth-order valence-electron chi connectivity index (χ4n) is 2.89. The molecule has 1 amide bonds. The molecule has 1 heterocycles. The van der Waals surface area contributed by atoms with Crippen molar-refractivity contribution in [2.45, 2.75) is 39.2 Å². The Morgan fingerprint density at radius 3 is 2.73 bits per heavy atom. The van der Waals surface area contributed by atoms with E-state index in [9.17, 15) is 9.59 Å². The number of carbonyl (C=O) groups excluding carboxylic acids is 1. The monoisotopic (exact) mass is 211 g/mol. The Labute approximate surface area is 89.0 Å². The van der Waals surface area contributed by atoms with Crippen LogP contribution < -0.4 is 5.32 Å². The van der Waals surface area contributed by atoms with Gasteiger partial charge in [0.2, 0.25) is 5.91 Å². The van der Waals surface area contributed by atoms with E-state index >= 15 is 0 Å². The second-order valence-corrected chi connectivity index (χ2v) is 5.26. The predicted octanol–water partition coefficient (Wildman–Crippen LogP) is 1.01. The van der Waals surface area contributed by atoms with Gasteiger partial charge in [-0.1, -0.05) is 13.8 Å². The van der Waals surface area contributed by atoms with Gasteiger partial charge in [0.25, 0.3) is 0 Å². The van der Waals surface area contributed by atoms with Gasteiger partial charge in [0, 0.05) is 11.5 Å². The van der Waals surface area contributed by atoms with Crippen molar-refractivity contribution >= 4 is 11.9 Å². The van der Waals surface area contributed by atoms with E-state index in [1.54, 1.807) is 0 Å². The number of rotatable bonds is 1. The van der Waals surface area contributed by atoms with Gasteiger partial charge in [-0.3, -0.25) is 9.59 Å². The van der Waals surface area contributed by atoms with E-state index in [-0.39, 0.29) is 23.8 Å². The Bertz CT molecular complexity index is 311. The van der Waals surface area contributed by atoms with Gasteiger partial charge in [0.05, 0.1) is 5.92 Å². The van der Waals surface area contributed by atoms with Crippen molar-refractivity contribution in [2.24, 2.45) is 17.3 Å². The number of amides is 1. The Balaban J connectivity index is 2.17. The zero-order chi connectivity index (χ0) is 11.2. The number of carboxylic acids is 1. The minimum absolute atomic E-state index is 0.0727. The summed E-state index contributed by atoms with van der Waals surface area (Å²) in [6.07, 6.45) is 2.12. The van der Waals surface area contributed by atoms with E-state index in [1.807, 2.05) is 13.8 Å². The maximum absolute atomic E-state index is 11.7. The van der Waals surface area contributed by atoms with Crippen LogP contribution in [0.4, 0.5) is 0 Å². The number of aliphatic carboxylic acids is 1. The maximum atomic E-state index is 11.7. The van der Waals surface area contributed by atoms with Gasteiger partial charge in [0.15, 0.2) is 0 Å².